The van der Waals surface area contributed by atoms with E-state index in [1.807, 2.05) is 0 Å². The van der Waals surface area contributed by atoms with Crippen LogP contribution in [0.1, 0.15) is 40.1 Å². The zero-order chi connectivity index (χ0) is 19.7. The van der Waals surface area contributed by atoms with Gasteiger partial charge in [-0.2, -0.15) is 5.10 Å². The van der Waals surface area contributed by atoms with Crippen molar-refractivity contribution >= 4 is 39.0 Å². The van der Waals surface area contributed by atoms with Gasteiger partial charge in [-0.15, -0.1) is 0 Å². The number of hydrogen-bond acceptors (Lipinski definition) is 5. The van der Waals surface area contributed by atoms with Gasteiger partial charge < -0.3 is 14.3 Å². The van der Waals surface area contributed by atoms with Crippen LogP contribution in [-0.4, -0.2) is 24.3 Å². The zero-order valence-corrected chi connectivity index (χ0v) is 16.9. The standard InChI is InChI=1S/C21H19BrN2O4/c1-27-13-8-6-12(7-9-13)21(26)24-23-11-15-19-14-4-2-3-5-17(14)28-18(19)10-16(22)20(15)25/h6-11,25H,2-5H2,1H3,(H,24,26). The molecule has 6 nitrogen and oxygen atoms in total. The second-order valence-corrected chi connectivity index (χ2v) is 7.49. The van der Waals surface area contributed by atoms with Crippen molar-refractivity contribution in [1.29, 1.82) is 0 Å². The number of carbonyl (C=O) groups is 1. The number of ether oxygens (including phenoxy) is 1. The molecule has 0 saturated heterocycles. The smallest absolute Gasteiger partial charge is 0.271 e. The number of nitrogens with one attached hydrogen (secondary N) is 1. The van der Waals surface area contributed by atoms with E-state index in [0.717, 1.165) is 42.4 Å². The lowest BCUT2D eigenvalue weighted by molar-refractivity contribution is 0.0955. The maximum absolute atomic E-state index is 12.3. The summed E-state index contributed by atoms with van der Waals surface area (Å²) < 4.78 is 11.6. The minimum atomic E-state index is -0.348. The summed E-state index contributed by atoms with van der Waals surface area (Å²) in [6, 6.07) is 8.51. The van der Waals surface area contributed by atoms with Gasteiger partial charge in [-0.1, -0.05) is 0 Å². The highest BCUT2D eigenvalue weighted by atomic mass is 79.9. The minimum absolute atomic E-state index is 0.0733. The number of nitrogens with zero attached hydrogens (tertiary/aromatic N) is 1. The summed E-state index contributed by atoms with van der Waals surface area (Å²) >= 11 is 3.36. The monoisotopic (exact) mass is 442 g/mol. The Labute approximate surface area is 170 Å². The van der Waals surface area contributed by atoms with Crippen LogP contribution in [0.4, 0.5) is 0 Å². The number of hydrazone groups is 1. The number of furan rings is 1. The van der Waals surface area contributed by atoms with Crippen LogP contribution in [0, 0.1) is 0 Å². The molecule has 2 N–H and O–H groups in total. The molecule has 0 atom stereocenters. The number of fused-ring (bicyclic) bond motifs is 3. The van der Waals surface area contributed by atoms with Crippen molar-refractivity contribution in [3.05, 3.63) is 57.3 Å². The van der Waals surface area contributed by atoms with Gasteiger partial charge in [-0.3, -0.25) is 4.79 Å². The highest BCUT2D eigenvalue weighted by molar-refractivity contribution is 9.10. The largest absolute Gasteiger partial charge is 0.506 e. The fourth-order valence-electron chi connectivity index (χ4n) is 3.50. The summed E-state index contributed by atoms with van der Waals surface area (Å²) in [5.74, 6) is 1.37. The Morgan fingerprint density at radius 2 is 2.04 bits per heavy atom. The van der Waals surface area contributed by atoms with E-state index in [2.05, 4.69) is 26.5 Å². The maximum atomic E-state index is 12.3. The molecule has 1 heterocycles. The van der Waals surface area contributed by atoms with Gasteiger partial charge in [0.25, 0.3) is 5.91 Å². The van der Waals surface area contributed by atoms with E-state index in [0.29, 0.717) is 26.9 Å². The first-order valence-electron chi connectivity index (χ1n) is 9.01. The third-order valence-corrected chi connectivity index (χ3v) is 5.52. The van der Waals surface area contributed by atoms with Crippen LogP contribution < -0.4 is 10.2 Å². The van der Waals surface area contributed by atoms with Crippen molar-refractivity contribution in [3.63, 3.8) is 0 Å². The Morgan fingerprint density at radius 3 is 2.79 bits per heavy atom. The number of phenols is 1. The summed E-state index contributed by atoms with van der Waals surface area (Å²) in [4.78, 5) is 12.3. The topological polar surface area (TPSA) is 84.1 Å². The van der Waals surface area contributed by atoms with Crippen molar-refractivity contribution in [2.75, 3.05) is 7.11 Å². The van der Waals surface area contributed by atoms with E-state index in [1.54, 1.807) is 37.4 Å². The van der Waals surface area contributed by atoms with Gasteiger partial charge in [0.1, 0.15) is 22.8 Å². The van der Waals surface area contributed by atoms with E-state index in [4.69, 9.17) is 9.15 Å². The summed E-state index contributed by atoms with van der Waals surface area (Å²) in [5.41, 5.74) is 5.32. The highest BCUT2D eigenvalue weighted by Crippen LogP contribution is 2.40. The highest BCUT2D eigenvalue weighted by Gasteiger charge is 2.22. The van der Waals surface area contributed by atoms with Gasteiger partial charge in [0.15, 0.2) is 0 Å². The zero-order valence-electron chi connectivity index (χ0n) is 15.3. The maximum Gasteiger partial charge on any atom is 0.271 e. The Kier molecular flexibility index (Phi) is 5.09. The predicted octanol–water partition coefficient (Wildman–Crippen LogP) is 4.55. The molecule has 0 spiro atoms. The number of aromatic hydroxyl groups is 1. The molecular weight excluding hydrogens is 424 g/mol. The molecule has 0 radical (unpaired) electrons. The summed E-state index contributed by atoms with van der Waals surface area (Å²) in [5, 5.41) is 15.5. The first-order valence-corrected chi connectivity index (χ1v) is 9.81. The molecule has 1 aliphatic rings. The summed E-state index contributed by atoms with van der Waals surface area (Å²) in [6.07, 6.45) is 5.45. The molecule has 1 aliphatic carbocycles. The van der Waals surface area contributed by atoms with Crippen molar-refractivity contribution in [3.8, 4) is 11.5 Å². The van der Waals surface area contributed by atoms with E-state index in [-0.39, 0.29) is 11.7 Å². The number of rotatable bonds is 4. The molecule has 7 heteroatoms. The Hall–Kier alpha value is -2.80. The molecule has 3 aromatic rings. The van der Waals surface area contributed by atoms with Gasteiger partial charge in [-0.25, -0.2) is 5.43 Å². The average Bonchev–Trinajstić information content (AvgIpc) is 3.08. The van der Waals surface area contributed by atoms with Crippen LogP contribution in [0.2, 0.25) is 0 Å². The Balaban J connectivity index is 1.64. The van der Waals surface area contributed by atoms with E-state index < -0.39 is 0 Å². The second-order valence-electron chi connectivity index (χ2n) is 6.63. The van der Waals surface area contributed by atoms with Crippen LogP contribution >= 0.6 is 15.9 Å². The molecule has 2 aromatic carbocycles. The van der Waals surface area contributed by atoms with Gasteiger partial charge >= 0.3 is 0 Å². The van der Waals surface area contributed by atoms with Crippen molar-refractivity contribution < 1.29 is 19.1 Å². The first-order chi connectivity index (χ1) is 13.6. The lowest BCUT2D eigenvalue weighted by Crippen LogP contribution is -2.17. The molecule has 144 valence electrons. The number of aryl methyl sites for hydroxylation is 2. The van der Waals surface area contributed by atoms with Crippen LogP contribution in [0.25, 0.3) is 11.0 Å². The number of phenolic OH excluding ortho intramolecular Hbond substituents is 1. The van der Waals surface area contributed by atoms with Crippen molar-refractivity contribution in [2.24, 2.45) is 5.10 Å². The van der Waals surface area contributed by atoms with Gasteiger partial charge in [0.2, 0.25) is 0 Å². The SMILES string of the molecule is COc1ccc(C(=O)NN=Cc2c(O)c(Br)cc3oc4c(c23)CCCC4)cc1. The molecule has 0 bridgehead atoms. The molecule has 0 unspecified atom stereocenters. The summed E-state index contributed by atoms with van der Waals surface area (Å²) in [6.45, 7) is 0. The quantitative estimate of drug-likeness (QED) is 0.458. The van der Waals surface area contributed by atoms with Crippen LogP contribution in [0.3, 0.4) is 0 Å². The molecule has 1 aromatic heterocycles. The number of hydrogen-bond donors (Lipinski definition) is 2. The normalized spacial score (nSPS) is 13.6. The third kappa shape index (κ3) is 3.38. The third-order valence-electron chi connectivity index (χ3n) is 4.92. The van der Waals surface area contributed by atoms with Crippen LogP contribution in [0.15, 0.2) is 44.3 Å². The van der Waals surface area contributed by atoms with E-state index in [1.165, 1.54) is 6.21 Å². The lowest BCUT2D eigenvalue weighted by atomic mass is 9.94. The van der Waals surface area contributed by atoms with Crippen molar-refractivity contribution in [2.45, 2.75) is 25.7 Å². The second kappa shape index (κ2) is 7.67. The van der Waals surface area contributed by atoms with Gasteiger partial charge in [-0.05, 0) is 65.5 Å². The van der Waals surface area contributed by atoms with Gasteiger partial charge in [0, 0.05) is 28.5 Å². The van der Waals surface area contributed by atoms with E-state index in [9.17, 15) is 9.90 Å². The Bertz CT molecular complexity index is 1070. The molecular formula is C21H19BrN2O4. The number of amides is 1. The molecule has 0 aliphatic heterocycles. The average molecular weight is 443 g/mol. The number of benzene rings is 2. The molecule has 4 rings (SSSR count). The summed E-state index contributed by atoms with van der Waals surface area (Å²) in [7, 11) is 1.57. The lowest BCUT2D eigenvalue weighted by Gasteiger charge is -2.10. The predicted molar refractivity (Wildman–Crippen MR) is 110 cm³/mol. The van der Waals surface area contributed by atoms with Crippen molar-refractivity contribution in [1.82, 2.24) is 5.43 Å². The minimum Gasteiger partial charge on any atom is -0.506 e. The number of carbonyl (C=O) groups excluding carboxylic acids is 1. The number of halogens is 1. The molecule has 0 fully saturated rings. The van der Waals surface area contributed by atoms with E-state index >= 15 is 0 Å². The first kappa shape index (κ1) is 18.6. The number of methoxy groups -OCH3 is 1. The van der Waals surface area contributed by atoms with Gasteiger partial charge in [0.05, 0.1) is 17.8 Å². The molecule has 0 saturated carbocycles. The van der Waals surface area contributed by atoms with Crippen LogP contribution in [0.5, 0.6) is 11.5 Å². The fraction of sp³-hybridized carbons (Fsp3) is 0.238. The fourth-order valence-corrected chi connectivity index (χ4v) is 3.92. The molecule has 1 amide bonds. The van der Waals surface area contributed by atoms with Crippen LogP contribution in [-0.2, 0) is 12.8 Å². The molecule has 28 heavy (non-hydrogen) atoms. The Morgan fingerprint density at radius 1 is 1.29 bits per heavy atom.